The highest BCUT2D eigenvalue weighted by molar-refractivity contribution is 5.92. The average Bonchev–Trinajstić information content (AvgIpc) is 2.44. The molecule has 110 valence electrons. The molecule has 20 heavy (non-hydrogen) atoms. The first-order valence-electron chi connectivity index (χ1n) is 6.42. The van der Waals surface area contributed by atoms with Crippen LogP contribution >= 0.6 is 0 Å². The Morgan fingerprint density at radius 1 is 1.30 bits per heavy atom. The molecule has 0 bridgehead atoms. The fourth-order valence-electron chi connectivity index (χ4n) is 1.67. The Morgan fingerprint density at radius 2 is 1.90 bits per heavy atom. The Balaban J connectivity index is 2.63. The smallest absolute Gasteiger partial charge is 0.326 e. The molecule has 3 N–H and O–H groups in total. The Morgan fingerprint density at radius 3 is 2.35 bits per heavy atom. The molecule has 2 atom stereocenters. The van der Waals surface area contributed by atoms with Crippen molar-refractivity contribution in [3.8, 4) is 5.75 Å². The minimum atomic E-state index is -1.04. The maximum atomic E-state index is 11.8. The average molecular weight is 280 g/mol. The third-order valence-electron chi connectivity index (χ3n) is 3.11. The molecule has 0 spiro atoms. The van der Waals surface area contributed by atoms with Crippen molar-refractivity contribution in [1.29, 1.82) is 0 Å². The summed E-state index contributed by atoms with van der Waals surface area (Å²) in [5.41, 5.74) is 0.566. The number of hydrogen-bond donors (Lipinski definition) is 3. The topological polar surface area (TPSA) is 87.7 Å². The molecule has 2 amide bonds. The van der Waals surface area contributed by atoms with Crippen LogP contribution in [0.5, 0.6) is 5.75 Å². The van der Waals surface area contributed by atoms with Crippen LogP contribution in [0.2, 0.25) is 0 Å². The van der Waals surface area contributed by atoms with Gasteiger partial charge >= 0.3 is 12.0 Å². The van der Waals surface area contributed by atoms with E-state index in [0.717, 1.165) is 0 Å². The van der Waals surface area contributed by atoms with E-state index in [1.54, 1.807) is 38.3 Å². The molecule has 0 fully saturated rings. The van der Waals surface area contributed by atoms with Crippen LogP contribution in [-0.4, -0.2) is 30.3 Å². The second kappa shape index (κ2) is 7.37. The van der Waals surface area contributed by atoms with Gasteiger partial charge in [0.2, 0.25) is 0 Å². The number of anilines is 1. The van der Waals surface area contributed by atoms with Gasteiger partial charge in [-0.2, -0.15) is 0 Å². The molecule has 0 aliphatic carbocycles. The Labute approximate surface area is 118 Å². The summed E-state index contributed by atoms with van der Waals surface area (Å²) in [5, 5.41) is 14.2. The monoisotopic (exact) mass is 280 g/mol. The first-order valence-corrected chi connectivity index (χ1v) is 6.42. The van der Waals surface area contributed by atoms with Gasteiger partial charge in [-0.1, -0.05) is 20.3 Å². The van der Waals surface area contributed by atoms with Crippen molar-refractivity contribution < 1.29 is 19.4 Å². The number of carboxylic acids is 1. The fraction of sp³-hybridized carbons (Fsp3) is 0.429. The van der Waals surface area contributed by atoms with Gasteiger partial charge in [0.15, 0.2) is 0 Å². The number of carbonyl (C=O) groups excluding carboxylic acids is 1. The van der Waals surface area contributed by atoms with Crippen LogP contribution in [0.4, 0.5) is 10.5 Å². The molecule has 1 aromatic rings. The van der Waals surface area contributed by atoms with Crippen LogP contribution in [0.15, 0.2) is 24.3 Å². The summed E-state index contributed by atoms with van der Waals surface area (Å²) in [4.78, 5) is 22.9. The van der Waals surface area contributed by atoms with Gasteiger partial charge in [0, 0.05) is 5.69 Å². The first-order chi connectivity index (χ1) is 9.47. The number of carbonyl (C=O) groups is 2. The lowest BCUT2D eigenvalue weighted by Gasteiger charge is -2.20. The summed E-state index contributed by atoms with van der Waals surface area (Å²) in [7, 11) is 1.55. The van der Waals surface area contributed by atoms with Crippen molar-refractivity contribution >= 4 is 17.7 Å². The molecule has 6 heteroatoms. The van der Waals surface area contributed by atoms with Gasteiger partial charge in [-0.15, -0.1) is 0 Å². The summed E-state index contributed by atoms with van der Waals surface area (Å²) in [6, 6.07) is 5.33. The van der Waals surface area contributed by atoms with Gasteiger partial charge < -0.3 is 20.5 Å². The lowest BCUT2D eigenvalue weighted by molar-refractivity contribution is -0.140. The molecule has 0 heterocycles. The second-order valence-corrected chi connectivity index (χ2v) is 4.53. The van der Waals surface area contributed by atoms with Crippen LogP contribution in [0, 0.1) is 5.92 Å². The van der Waals surface area contributed by atoms with Gasteiger partial charge in [-0.05, 0) is 30.2 Å². The van der Waals surface area contributed by atoms with E-state index in [1.165, 1.54) is 0 Å². The molecule has 0 saturated carbocycles. The fourth-order valence-corrected chi connectivity index (χ4v) is 1.67. The predicted molar refractivity (Wildman–Crippen MR) is 76.0 cm³/mol. The van der Waals surface area contributed by atoms with Gasteiger partial charge in [-0.25, -0.2) is 9.59 Å². The summed E-state index contributed by atoms with van der Waals surface area (Å²) in [6.45, 7) is 3.66. The van der Waals surface area contributed by atoms with Crippen molar-refractivity contribution in [1.82, 2.24) is 5.32 Å². The second-order valence-electron chi connectivity index (χ2n) is 4.53. The lowest BCUT2D eigenvalue weighted by Crippen LogP contribution is -2.46. The largest absolute Gasteiger partial charge is 0.497 e. The third kappa shape index (κ3) is 4.46. The van der Waals surface area contributed by atoms with E-state index in [-0.39, 0.29) is 5.92 Å². The van der Waals surface area contributed by atoms with E-state index in [0.29, 0.717) is 17.9 Å². The molecule has 0 unspecified atom stereocenters. The molecule has 0 aromatic heterocycles. The predicted octanol–water partition coefficient (Wildman–Crippen LogP) is 2.32. The number of nitrogens with one attached hydrogen (secondary N) is 2. The summed E-state index contributed by atoms with van der Waals surface area (Å²) in [6.07, 6.45) is 0.666. The molecule has 0 aliphatic rings. The van der Waals surface area contributed by atoms with E-state index in [2.05, 4.69) is 10.6 Å². The summed E-state index contributed by atoms with van der Waals surface area (Å²) < 4.78 is 5.01. The molecule has 6 nitrogen and oxygen atoms in total. The van der Waals surface area contributed by atoms with Crippen LogP contribution in [0.3, 0.4) is 0 Å². The minimum Gasteiger partial charge on any atom is -0.497 e. The molecular formula is C14H20N2O4. The molecule has 0 saturated heterocycles. The van der Waals surface area contributed by atoms with Crippen molar-refractivity contribution in [2.24, 2.45) is 5.92 Å². The van der Waals surface area contributed by atoms with Crippen molar-refractivity contribution in [3.63, 3.8) is 0 Å². The maximum absolute atomic E-state index is 11.8. The maximum Gasteiger partial charge on any atom is 0.326 e. The number of benzene rings is 1. The van der Waals surface area contributed by atoms with Gasteiger partial charge in [-0.3, -0.25) is 0 Å². The number of rotatable bonds is 6. The van der Waals surface area contributed by atoms with Crippen LogP contribution in [0.25, 0.3) is 0 Å². The van der Waals surface area contributed by atoms with E-state index >= 15 is 0 Å². The van der Waals surface area contributed by atoms with E-state index < -0.39 is 18.0 Å². The molecule has 0 aliphatic heterocycles. The SMILES string of the molecule is CC[C@@H](C)[C@H](NC(=O)Nc1ccc(OC)cc1)C(=O)O. The van der Waals surface area contributed by atoms with E-state index in [9.17, 15) is 9.59 Å². The zero-order valence-corrected chi connectivity index (χ0v) is 11.8. The number of methoxy groups -OCH3 is 1. The summed E-state index contributed by atoms with van der Waals surface area (Å²) >= 11 is 0. The van der Waals surface area contributed by atoms with Crippen molar-refractivity contribution in [2.75, 3.05) is 12.4 Å². The number of amides is 2. The molecule has 0 radical (unpaired) electrons. The zero-order valence-electron chi connectivity index (χ0n) is 11.8. The van der Waals surface area contributed by atoms with E-state index in [1.807, 2.05) is 6.92 Å². The Bertz CT molecular complexity index is 459. The van der Waals surface area contributed by atoms with Gasteiger partial charge in [0.25, 0.3) is 0 Å². The first kappa shape index (κ1) is 15.8. The normalized spacial score (nSPS) is 13.2. The standard InChI is InChI=1S/C14H20N2O4/c1-4-9(2)12(13(17)18)16-14(19)15-10-5-7-11(20-3)8-6-10/h5-9,12H,4H2,1-3H3,(H,17,18)(H2,15,16,19)/t9-,12+/m1/s1. The minimum absolute atomic E-state index is 0.144. The molecule has 1 rings (SSSR count). The highest BCUT2D eigenvalue weighted by Gasteiger charge is 2.25. The lowest BCUT2D eigenvalue weighted by atomic mass is 9.99. The number of hydrogen-bond acceptors (Lipinski definition) is 3. The van der Waals surface area contributed by atoms with Crippen LogP contribution in [0.1, 0.15) is 20.3 Å². The third-order valence-corrected chi connectivity index (χ3v) is 3.11. The highest BCUT2D eigenvalue weighted by atomic mass is 16.5. The summed E-state index contributed by atoms with van der Waals surface area (Å²) in [5.74, 6) is -0.502. The number of urea groups is 1. The number of aliphatic carboxylic acids is 1. The molecular weight excluding hydrogens is 260 g/mol. The molecule has 1 aromatic carbocycles. The van der Waals surface area contributed by atoms with Gasteiger partial charge in [0.1, 0.15) is 11.8 Å². The van der Waals surface area contributed by atoms with Gasteiger partial charge in [0.05, 0.1) is 7.11 Å². The Kier molecular flexibility index (Phi) is 5.83. The number of ether oxygens (including phenoxy) is 1. The van der Waals surface area contributed by atoms with Crippen molar-refractivity contribution in [2.45, 2.75) is 26.3 Å². The highest BCUT2D eigenvalue weighted by Crippen LogP contribution is 2.15. The zero-order chi connectivity index (χ0) is 15.1. The van der Waals surface area contributed by atoms with Crippen LogP contribution in [-0.2, 0) is 4.79 Å². The van der Waals surface area contributed by atoms with E-state index in [4.69, 9.17) is 9.84 Å². The van der Waals surface area contributed by atoms with Crippen LogP contribution < -0.4 is 15.4 Å². The van der Waals surface area contributed by atoms with Crippen molar-refractivity contribution in [3.05, 3.63) is 24.3 Å². The quantitative estimate of drug-likeness (QED) is 0.746. The Hall–Kier alpha value is -2.24. The number of carboxylic acid groups (broad SMARTS) is 1.